The number of nitro benzene ring substituents is 1. The summed E-state index contributed by atoms with van der Waals surface area (Å²) in [4.78, 5) is 10.3. The molecule has 1 aliphatic carbocycles. The number of rotatable bonds is 4. The molecule has 0 aliphatic heterocycles. The van der Waals surface area contributed by atoms with Crippen LogP contribution in [0, 0.1) is 10.1 Å². The van der Waals surface area contributed by atoms with Crippen molar-refractivity contribution in [2.45, 2.75) is 30.6 Å². The monoisotopic (exact) mass is 362 g/mol. The highest BCUT2D eigenvalue weighted by Crippen LogP contribution is 2.31. The molecule has 0 heterocycles. The lowest BCUT2D eigenvalue weighted by Crippen LogP contribution is -2.34. The lowest BCUT2D eigenvalue weighted by Gasteiger charge is -2.20. The fraction of sp³-hybridized carbons (Fsp3) is 0.500. The van der Waals surface area contributed by atoms with Gasteiger partial charge in [-0.25, -0.2) is 8.42 Å². The fourth-order valence-electron chi connectivity index (χ4n) is 2.56. The Morgan fingerprint density at radius 1 is 1.40 bits per heavy atom. The first-order chi connectivity index (χ1) is 9.29. The van der Waals surface area contributed by atoms with Crippen molar-refractivity contribution in [3.05, 3.63) is 32.8 Å². The van der Waals surface area contributed by atoms with Crippen molar-refractivity contribution in [1.29, 1.82) is 0 Å². The van der Waals surface area contributed by atoms with E-state index in [0.717, 1.165) is 12.8 Å². The van der Waals surface area contributed by atoms with Gasteiger partial charge in [0.25, 0.3) is 5.69 Å². The first-order valence-electron chi connectivity index (χ1n) is 6.18. The van der Waals surface area contributed by atoms with Gasteiger partial charge in [0.2, 0.25) is 0 Å². The molecule has 2 rings (SSSR count). The lowest BCUT2D eigenvalue weighted by molar-refractivity contribution is -0.385. The quantitative estimate of drug-likeness (QED) is 0.656. The van der Waals surface area contributed by atoms with Crippen LogP contribution in [0.4, 0.5) is 11.4 Å². The van der Waals surface area contributed by atoms with Crippen LogP contribution in [0.1, 0.15) is 19.3 Å². The van der Waals surface area contributed by atoms with Gasteiger partial charge in [-0.3, -0.25) is 10.1 Å². The number of nitrogens with zero attached hydrogens (tertiary/aromatic N) is 1. The Morgan fingerprint density at radius 2 is 2.10 bits per heavy atom. The van der Waals surface area contributed by atoms with E-state index in [-0.39, 0.29) is 11.7 Å². The molecule has 0 aromatic heterocycles. The summed E-state index contributed by atoms with van der Waals surface area (Å²) in [6, 6.07) is 4.46. The van der Waals surface area contributed by atoms with Crippen molar-refractivity contribution in [2.24, 2.45) is 0 Å². The van der Waals surface area contributed by atoms with Crippen LogP contribution in [0.15, 0.2) is 22.7 Å². The maximum Gasteiger partial charge on any atom is 0.283 e. The van der Waals surface area contributed by atoms with Gasteiger partial charge in [-0.15, -0.1) is 0 Å². The van der Waals surface area contributed by atoms with E-state index in [2.05, 4.69) is 21.2 Å². The largest absolute Gasteiger partial charge is 0.381 e. The third-order valence-electron chi connectivity index (χ3n) is 3.50. The molecule has 1 N–H and O–H groups in total. The normalized spacial score (nSPS) is 22.7. The van der Waals surface area contributed by atoms with E-state index >= 15 is 0 Å². The van der Waals surface area contributed by atoms with E-state index in [1.807, 2.05) is 0 Å². The van der Waals surface area contributed by atoms with E-state index in [9.17, 15) is 18.5 Å². The fourth-order valence-corrected chi connectivity index (χ4v) is 4.48. The predicted octanol–water partition coefficient (Wildman–Crippen LogP) is 2.73. The Hall–Kier alpha value is -1.15. The van der Waals surface area contributed by atoms with Crippen LogP contribution in [0.2, 0.25) is 0 Å². The van der Waals surface area contributed by atoms with Crippen molar-refractivity contribution < 1.29 is 13.3 Å². The number of nitro groups is 1. The predicted molar refractivity (Wildman–Crippen MR) is 80.7 cm³/mol. The van der Waals surface area contributed by atoms with E-state index in [1.165, 1.54) is 12.3 Å². The van der Waals surface area contributed by atoms with Crippen molar-refractivity contribution in [3.8, 4) is 0 Å². The van der Waals surface area contributed by atoms with E-state index in [1.54, 1.807) is 12.1 Å². The van der Waals surface area contributed by atoms with E-state index in [0.29, 0.717) is 16.6 Å². The summed E-state index contributed by atoms with van der Waals surface area (Å²) < 4.78 is 23.8. The number of hydrogen-bond acceptors (Lipinski definition) is 5. The molecular weight excluding hydrogens is 348 g/mol. The van der Waals surface area contributed by atoms with Gasteiger partial charge in [-0.1, -0.05) is 0 Å². The second-order valence-corrected chi connectivity index (χ2v) is 8.09. The van der Waals surface area contributed by atoms with Crippen molar-refractivity contribution in [1.82, 2.24) is 0 Å². The topological polar surface area (TPSA) is 89.3 Å². The standard InChI is InChI=1S/C12H15BrN2O4S/c1-20(18,19)12-4-2-3-10(12)14-8-5-6-11(15(16)17)9(13)7-8/h5-7,10,12,14H,2-4H2,1H3. The summed E-state index contributed by atoms with van der Waals surface area (Å²) in [5, 5.41) is 13.5. The van der Waals surface area contributed by atoms with Crippen molar-refractivity contribution in [2.75, 3.05) is 11.6 Å². The molecular formula is C12H15BrN2O4S. The van der Waals surface area contributed by atoms with Gasteiger partial charge in [-0.2, -0.15) is 0 Å². The van der Waals surface area contributed by atoms with E-state index in [4.69, 9.17) is 0 Å². The van der Waals surface area contributed by atoms with E-state index < -0.39 is 20.0 Å². The molecule has 1 aromatic rings. The molecule has 0 saturated heterocycles. The van der Waals surface area contributed by atoms with Gasteiger partial charge in [0.15, 0.2) is 9.84 Å². The molecule has 1 saturated carbocycles. The van der Waals surface area contributed by atoms with Crippen LogP contribution in [0.25, 0.3) is 0 Å². The number of nitrogens with one attached hydrogen (secondary N) is 1. The molecule has 1 aromatic carbocycles. The van der Waals surface area contributed by atoms with Gasteiger partial charge in [0.05, 0.1) is 14.6 Å². The Morgan fingerprint density at radius 3 is 2.65 bits per heavy atom. The van der Waals surface area contributed by atoms with Gasteiger partial charge in [-0.05, 0) is 47.3 Å². The highest BCUT2D eigenvalue weighted by molar-refractivity contribution is 9.10. The zero-order valence-corrected chi connectivity index (χ0v) is 13.3. The van der Waals surface area contributed by atoms with Crippen LogP contribution >= 0.6 is 15.9 Å². The van der Waals surface area contributed by atoms with Gasteiger partial charge in [0, 0.05) is 24.1 Å². The molecule has 0 amide bonds. The third kappa shape index (κ3) is 3.29. The summed E-state index contributed by atoms with van der Waals surface area (Å²) in [5.74, 6) is 0. The Bertz CT molecular complexity index is 632. The summed E-state index contributed by atoms with van der Waals surface area (Å²) in [6.45, 7) is 0. The molecule has 0 radical (unpaired) electrons. The van der Waals surface area contributed by atoms with Gasteiger partial charge < -0.3 is 5.32 Å². The molecule has 1 fully saturated rings. The second kappa shape index (κ2) is 5.69. The SMILES string of the molecule is CS(=O)(=O)C1CCCC1Nc1ccc([N+](=O)[O-])c(Br)c1. The molecule has 8 heteroatoms. The minimum Gasteiger partial charge on any atom is -0.381 e. The zero-order chi connectivity index (χ0) is 14.9. The maximum absolute atomic E-state index is 11.7. The molecule has 110 valence electrons. The van der Waals surface area contributed by atoms with Crippen LogP contribution in [-0.4, -0.2) is 30.9 Å². The Kier molecular flexibility index (Phi) is 4.33. The number of sulfone groups is 1. The first kappa shape index (κ1) is 15.2. The molecule has 1 aliphatic rings. The number of anilines is 1. The maximum atomic E-state index is 11.7. The first-order valence-corrected chi connectivity index (χ1v) is 8.93. The molecule has 0 spiro atoms. The van der Waals surface area contributed by atoms with Crippen molar-refractivity contribution in [3.63, 3.8) is 0 Å². The molecule has 2 unspecified atom stereocenters. The molecule has 20 heavy (non-hydrogen) atoms. The number of benzene rings is 1. The van der Waals surface area contributed by atoms with Gasteiger partial charge >= 0.3 is 0 Å². The molecule has 2 atom stereocenters. The zero-order valence-electron chi connectivity index (χ0n) is 10.9. The summed E-state index contributed by atoms with van der Waals surface area (Å²) in [6.07, 6.45) is 3.56. The van der Waals surface area contributed by atoms with Crippen LogP contribution in [-0.2, 0) is 9.84 Å². The van der Waals surface area contributed by atoms with Crippen LogP contribution in [0.3, 0.4) is 0 Å². The minimum atomic E-state index is -3.09. The summed E-state index contributed by atoms with van der Waals surface area (Å²) in [5.41, 5.74) is 0.671. The van der Waals surface area contributed by atoms with Crippen molar-refractivity contribution >= 4 is 37.1 Å². The second-order valence-electron chi connectivity index (χ2n) is 4.97. The number of halogens is 1. The Labute approximate surface area is 125 Å². The van der Waals surface area contributed by atoms with Gasteiger partial charge in [0.1, 0.15) is 0 Å². The summed E-state index contributed by atoms with van der Waals surface area (Å²) >= 11 is 3.15. The smallest absolute Gasteiger partial charge is 0.283 e. The molecule has 0 bridgehead atoms. The highest BCUT2D eigenvalue weighted by atomic mass is 79.9. The number of hydrogen-bond donors (Lipinski definition) is 1. The summed E-state index contributed by atoms with van der Waals surface area (Å²) in [7, 11) is -3.09. The average Bonchev–Trinajstić information content (AvgIpc) is 2.76. The minimum absolute atomic E-state index is 0.0124. The Balaban J connectivity index is 2.18. The lowest BCUT2D eigenvalue weighted by atomic mass is 10.2. The third-order valence-corrected chi connectivity index (χ3v) is 5.80. The van der Waals surface area contributed by atoms with Crippen LogP contribution in [0.5, 0.6) is 0 Å². The molecule has 6 nitrogen and oxygen atoms in total. The highest BCUT2D eigenvalue weighted by Gasteiger charge is 2.34. The average molecular weight is 363 g/mol. The van der Waals surface area contributed by atoms with Crippen LogP contribution < -0.4 is 5.32 Å².